The van der Waals surface area contributed by atoms with Gasteiger partial charge in [0.2, 0.25) is 0 Å². The Labute approximate surface area is 125 Å². The number of alkyl carbamates (subject to hydrolysis) is 1. The van der Waals surface area contributed by atoms with E-state index in [2.05, 4.69) is 0 Å². The zero-order chi connectivity index (χ0) is 16.4. The van der Waals surface area contributed by atoms with Crippen molar-refractivity contribution in [1.82, 2.24) is 5.32 Å². The van der Waals surface area contributed by atoms with Crippen LogP contribution in [0.1, 0.15) is 32.4 Å². The van der Waals surface area contributed by atoms with Gasteiger partial charge in [-0.25, -0.2) is 4.79 Å². The van der Waals surface area contributed by atoms with E-state index in [-0.39, 0.29) is 16.3 Å². The van der Waals surface area contributed by atoms with E-state index in [1.807, 2.05) is 0 Å². The van der Waals surface area contributed by atoms with Gasteiger partial charge in [0, 0.05) is 0 Å². The van der Waals surface area contributed by atoms with Crippen molar-refractivity contribution in [1.29, 1.82) is 0 Å². The summed E-state index contributed by atoms with van der Waals surface area (Å²) in [4.78, 5) is 11.5. The van der Waals surface area contributed by atoms with Crippen LogP contribution in [0.2, 0.25) is 5.02 Å². The van der Waals surface area contributed by atoms with Crippen LogP contribution in [0.5, 0.6) is 0 Å². The van der Waals surface area contributed by atoms with Crippen LogP contribution < -0.4 is 11.1 Å². The van der Waals surface area contributed by atoms with Crippen molar-refractivity contribution in [2.75, 3.05) is 5.73 Å². The standard InChI is InChI=1S/C13H16ClF3N2O2/c1-12(2,3)21-11(20)19-10(13(15,16)17)7-4-5-9(18)8(14)6-7/h4-6,10H,18H2,1-3H3,(H,19,20)/t10-/m1/s1. The van der Waals surface area contributed by atoms with Crippen LogP contribution >= 0.6 is 11.6 Å². The molecule has 0 saturated heterocycles. The average molecular weight is 325 g/mol. The van der Waals surface area contributed by atoms with Crippen molar-refractivity contribution in [3.63, 3.8) is 0 Å². The van der Waals surface area contributed by atoms with E-state index in [1.54, 1.807) is 26.1 Å². The molecule has 118 valence electrons. The van der Waals surface area contributed by atoms with Gasteiger partial charge in [0.1, 0.15) is 5.60 Å². The van der Waals surface area contributed by atoms with Crippen LogP contribution in [0.4, 0.5) is 23.7 Å². The number of benzene rings is 1. The van der Waals surface area contributed by atoms with Crippen LogP contribution in [0.15, 0.2) is 18.2 Å². The maximum Gasteiger partial charge on any atom is 0.412 e. The number of rotatable bonds is 2. The number of ether oxygens (including phenoxy) is 1. The first kappa shape index (κ1) is 17.4. The maximum absolute atomic E-state index is 13.1. The van der Waals surface area contributed by atoms with Crippen LogP contribution in [-0.4, -0.2) is 17.9 Å². The molecule has 0 unspecified atom stereocenters. The third kappa shape index (κ3) is 5.34. The molecule has 0 bridgehead atoms. The number of hydrogen-bond acceptors (Lipinski definition) is 3. The number of carbonyl (C=O) groups excluding carboxylic acids is 1. The number of anilines is 1. The van der Waals surface area contributed by atoms with Gasteiger partial charge in [-0.1, -0.05) is 17.7 Å². The second kappa shape index (κ2) is 6.01. The van der Waals surface area contributed by atoms with E-state index in [0.29, 0.717) is 0 Å². The number of halogens is 4. The number of amides is 1. The zero-order valence-electron chi connectivity index (χ0n) is 11.7. The molecule has 0 radical (unpaired) electrons. The van der Waals surface area contributed by atoms with Crippen LogP contribution in [0, 0.1) is 0 Å². The molecule has 1 amide bonds. The predicted octanol–water partition coefficient (Wildman–Crippen LogP) is 4.05. The van der Waals surface area contributed by atoms with Crippen LogP contribution in [-0.2, 0) is 4.74 Å². The molecule has 0 fully saturated rings. The molecule has 0 aliphatic heterocycles. The summed E-state index contributed by atoms with van der Waals surface area (Å²) in [6, 6.07) is 1.22. The molecule has 0 saturated carbocycles. The van der Waals surface area contributed by atoms with E-state index in [9.17, 15) is 18.0 Å². The Morgan fingerprint density at radius 2 is 1.90 bits per heavy atom. The van der Waals surface area contributed by atoms with Crippen molar-refractivity contribution < 1.29 is 22.7 Å². The summed E-state index contributed by atoms with van der Waals surface area (Å²) in [7, 11) is 0. The minimum atomic E-state index is -4.70. The van der Waals surface area contributed by atoms with E-state index < -0.39 is 23.9 Å². The monoisotopic (exact) mass is 324 g/mol. The molecule has 1 rings (SSSR count). The lowest BCUT2D eigenvalue weighted by molar-refractivity contribution is -0.156. The highest BCUT2D eigenvalue weighted by molar-refractivity contribution is 6.33. The SMILES string of the molecule is CC(C)(C)OC(=O)N[C@H](c1ccc(N)c(Cl)c1)C(F)(F)F. The largest absolute Gasteiger partial charge is 0.444 e. The Balaban J connectivity index is 3.02. The summed E-state index contributed by atoms with van der Waals surface area (Å²) < 4.78 is 44.1. The molecule has 1 aromatic rings. The average Bonchev–Trinajstić information content (AvgIpc) is 2.26. The molecule has 0 spiro atoms. The Bertz CT molecular complexity index is 527. The summed E-state index contributed by atoms with van der Waals surface area (Å²) in [6.07, 6.45) is -5.87. The third-order valence-electron chi connectivity index (χ3n) is 2.35. The van der Waals surface area contributed by atoms with Crippen molar-refractivity contribution in [3.05, 3.63) is 28.8 Å². The fourth-order valence-corrected chi connectivity index (χ4v) is 1.69. The number of alkyl halides is 3. The second-order valence-electron chi connectivity index (χ2n) is 5.40. The maximum atomic E-state index is 13.1. The van der Waals surface area contributed by atoms with Gasteiger partial charge in [0.25, 0.3) is 0 Å². The van der Waals surface area contributed by atoms with E-state index in [4.69, 9.17) is 22.1 Å². The van der Waals surface area contributed by atoms with Crippen molar-refractivity contribution >= 4 is 23.4 Å². The summed E-state index contributed by atoms with van der Waals surface area (Å²) in [5.74, 6) is 0. The van der Waals surface area contributed by atoms with Gasteiger partial charge < -0.3 is 15.8 Å². The molecule has 3 N–H and O–H groups in total. The quantitative estimate of drug-likeness (QED) is 0.807. The normalized spacial score (nSPS) is 13.7. The highest BCUT2D eigenvalue weighted by Crippen LogP contribution is 2.35. The topological polar surface area (TPSA) is 64.3 Å². The molecular weight excluding hydrogens is 309 g/mol. The number of nitrogens with two attached hydrogens (primary N) is 1. The minimum Gasteiger partial charge on any atom is -0.444 e. The molecule has 4 nitrogen and oxygen atoms in total. The lowest BCUT2D eigenvalue weighted by Gasteiger charge is -2.25. The molecule has 1 aromatic carbocycles. The van der Waals surface area contributed by atoms with Gasteiger partial charge in [-0.15, -0.1) is 0 Å². The molecule has 0 aromatic heterocycles. The van der Waals surface area contributed by atoms with Gasteiger partial charge in [0.15, 0.2) is 6.04 Å². The molecule has 1 atom stereocenters. The number of nitrogen functional groups attached to an aromatic ring is 1. The minimum absolute atomic E-state index is 0.0206. The van der Waals surface area contributed by atoms with Crippen LogP contribution in [0.3, 0.4) is 0 Å². The number of nitrogens with one attached hydrogen (secondary N) is 1. The van der Waals surface area contributed by atoms with E-state index in [1.165, 1.54) is 6.07 Å². The first-order valence-corrected chi connectivity index (χ1v) is 6.39. The Hall–Kier alpha value is -1.63. The van der Waals surface area contributed by atoms with Crippen molar-refractivity contribution in [3.8, 4) is 0 Å². The fourth-order valence-electron chi connectivity index (χ4n) is 1.50. The van der Waals surface area contributed by atoms with Gasteiger partial charge >= 0.3 is 12.3 Å². The molecule has 0 aliphatic carbocycles. The lowest BCUT2D eigenvalue weighted by Crippen LogP contribution is -2.41. The number of hydrogen-bond donors (Lipinski definition) is 2. The number of carbonyl (C=O) groups is 1. The fraction of sp³-hybridized carbons (Fsp3) is 0.462. The van der Waals surface area contributed by atoms with Gasteiger partial charge in [-0.3, -0.25) is 0 Å². The van der Waals surface area contributed by atoms with E-state index in [0.717, 1.165) is 12.1 Å². The highest BCUT2D eigenvalue weighted by Gasteiger charge is 2.42. The Morgan fingerprint density at radius 1 is 1.33 bits per heavy atom. The van der Waals surface area contributed by atoms with Crippen molar-refractivity contribution in [2.24, 2.45) is 0 Å². The van der Waals surface area contributed by atoms with Crippen molar-refractivity contribution in [2.45, 2.75) is 38.6 Å². The first-order valence-electron chi connectivity index (χ1n) is 6.01. The lowest BCUT2D eigenvalue weighted by atomic mass is 10.1. The third-order valence-corrected chi connectivity index (χ3v) is 2.67. The summed E-state index contributed by atoms with van der Waals surface area (Å²) >= 11 is 5.71. The molecule has 0 aliphatic rings. The van der Waals surface area contributed by atoms with Gasteiger partial charge in [-0.05, 0) is 38.5 Å². The summed E-state index contributed by atoms with van der Waals surface area (Å²) in [6.45, 7) is 4.65. The Morgan fingerprint density at radius 3 is 2.33 bits per heavy atom. The highest BCUT2D eigenvalue weighted by atomic mass is 35.5. The van der Waals surface area contributed by atoms with Crippen LogP contribution in [0.25, 0.3) is 0 Å². The first-order chi connectivity index (χ1) is 9.40. The van der Waals surface area contributed by atoms with Gasteiger partial charge in [-0.2, -0.15) is 13.2 Å². The summed E-state index contributed by atoms with van der Waals surface area (Å²) in [5.41, 5.74) is 4.48. The molecule has 8 heteroatoms. The second-order valence-corrected chi connectivity index (χ2v) is 5.81. The van der Waals surface area contributed by atoms with E-state index >= 15 is 0 Å². The molecular formula is C13H16ClF3N2O2. The smallest absolute Gasteiger partial charge is 0.412 e. The predicted molar refractivity (Wildman–Crippen MR) is 74.0 cm³/mol. The summed E-state index contributed by atoms with van der Waals surface area (Å²) in [5, 5.41) is 1.77. The molecule has 21 heavy (non-hydrogen) atoms. The Kier molecular flexibility index (Phi) is 4.99. The molecule has 0 heterocycles. The van der Waals surface area contributed by atoms with Gasteiger partial charge in [0.05, 0.1) is 10.7 Å². The zero-order valence-corrected chi connectivity index (χ0v) is 12.5.